The number of imidazole rings is 1. The highest BCUT2D eigenvalue weighted by atomic mass is 15.2. The van der Waals surface area contributed by atoms with E-state index in [4.69, 9.17) is 0 Å². The second-order valence-electron chi connectivity index (χ2n) is 5.49. The van der Waals surface area contributed by atoms with Crippen LogP contribution < -0.4 is 0 Å². The number of aromatic nitrogens is 2. The van der Waals surface area contributed by atoms with Crippen LogP contribution in [0.5, 0.6) is 0 Å². The highest BCUT2D eigenvalue weighted by molar-refractivity contribution is 5.85. The molecule has 0 bridgehead atoms. The highest BCUT2D eigenvalue weighted by Gasteiger charge is 2.21. The number of nitrogens with zero attached hydrogens (tertiary/aromatic N) is 2. The summed E-state index contributed by atoms with van der Waals surface area (Å²) in [4.78, 5) is 0. The number of para-hydroxylation sites is 1. The minimum atomic E-state index is 1.01. The summed E-state index contributed by atoms with van der Waals surface area (Å²) in [6.07, 6.45) is 0. The monoisotopic (exact) mass is 264 g/mol. The van der Waals surface area contributed by atoms with Gasteiger partial charge in [0.25, 0.3) is 0 Å². The zero-order chi connectivity index (χ0) is 14.4. The van der Waals surface area contributed by atoms with E-state index in [0.29, 0.717) is 0 Å². The van der Waals surface area contributed by atoms with Gasteiger partial charge in [-0.3, -0.25) is 11.5 Å². The summed E-state index contributed by atoms with van der Waals surface area (Å²) < 4.78 is 4.46. The molecule has 1 heterocycles. The molecule has 102 valence electrons. The molecule has 3 rings (SSSR count). The molecule has 20 heavy (non-hydrogen) atoms. The summed E-state index contributed by atoms with van der Waals surface area (Å²) in [7, 11) is 2.09. The van der Waals surface area contributed by atoms with Crippen molar-refractivity contribution in [2.45, 2.75) is 20.8 Å². The molecule has 0 aliphatic heterocycles. The lowest BCUT2D eigenvalue weighted by Gasteiger charge is -2.07. The van der Waals surface area contributed by atoms with Crippen molar-refractivity contribution in [3.63, 3.8) is 0 Å². The van der Waals surface area contributed by atoms with Gasteiger partial charge in [0.15, 0.2) is 11.0 Å². The summed E-state index contributed by atoms with van der Waals surface area (Å²) >= 11 is 0. The number of benzene rings is 2. The van der Waals surface area contributed by atoms with Crippen LogP contribution in [0.25, 0.3) is 16.7 Å². The zero-order valence-electron chi connectivity index (χ0n) is 12.6. The largest absolute Gasteiger partial charge is 0.294 e. The number of rotatable bonds is 1. The van der Waals surface area contributed by atoms with Crippen LogP contribution in [0.2, 0.25) is 0 Å². The van der Waals surface area contributed by atoms with Gasteiger partial charge in [-0.05, 0) is 39.0 Å². The van der Waals surface area contributed by atoms with E-state index in [0.717, 1.165) is 5.82 Å². The van der Waals surface area contributed by atoms with Gasteiger partial charge >= 0.3 is 0 Å². The Morgan fingerprint density at radius 1 is 0.850 bits per heavy atom. The Kier molecular flexibility index (Phi) is 2.82. The molecule has 0 saturated heterocycles. The van der Waals surface area contributed by atoms with E-state index in [1.807, 2.05) is 0 Å². The van der Waals surface area contributed by atoms with E-state index in [1.165, 1.54) is 33.4 Å². The topological polar surface area (TPSA) is 9.86 Å². The van der Waals surface area contributed by atoms with E-state index < -0.39 is 0 Å². The van der Waals surface area contributed by atoms with Crippen LogP contribution in [-0.2, 0) is 7.05 Å². The maximum atomic E-state index is 4.28. The molecule has 0 N–H and O–H groups in total. The number of fused-ring (bicyclic) bond motifs is 1. The van der Waals surface area contributed by atoms with Crippen molar-refractivity contribution in [3.8, 4) is 5.69 Å². The van der Waals surface area contributed by atoms with Gasteiger partial charge in [-0.2, -0.15) is 0 Å². The van der Waals surface area contributed by atoms with Crippen LogP contribution in [0.1, 0.15) is 22.5 Å². The molecular weight excluding hydrogens is 244 g/mol. The maximum absolute atomic E-state index is 4.28. The van der Waals surface area contributed by atoms with Crippen molar-refractivity contribution in [2.75, 3.05) is 0 Å². The molecule has 0 unspecified atom stereocenters. The van der Waals surface area contributed by atoms with Crippen molar-refractivity contribution in [3.05, 3.63) is 65.8 Å². The van der Waals surface area contributed by atoms with Crippen molar-refractivity contribution >= 4 is 11.0 Å². The van der Waals surface area contributed by atoms with Gasteiger partial charge in [0.1, 0.15) is 5.69 Å². The molecule has 0 saturated carbocycles. The Morgan fingerprint density at radius 2 is 1.45 bits per heavy atom. The fraction of sp³-hybridized carbons (Fsp3) is 0.222. The molecule has 2 nitrogen and oxygen atoms in total. The highest BCUT2D eigenvalue weighted by Crippen LogP contribution is 2.29. The molecule has 0 spiro atoms. The van der Waals surface area contributed by atoms with Gasteiger partial charge in [-0.25, -0.2) is 4.57 Å². The smallest absolute Gasteiger partial charge is 0.191 e. The van der Waals surface area contributed by atoms with Gasteiger partial charge < -0.3 is 0 Å². The summed E-state index contributed by atoms with van der Waals surface area (Å²) in [6, 6.07) is 12.8. The van der Waals surface area contributed by atoms with E-state index in [9.17, 15) is 0 Å². The van der Waals surface area contributed by atoms with Gasteiger partial charge in [0, 0.05) is 35.6 Å². The average molecular weight is 264 g/mol. The molecule has 1 aromatic heterocycles. The predicted molar refractivity (Wildman–Crippen MR) is 85.3 cm³/mol. The quantitative estimate of drug-likeness (QED) is 0.578. The Hall–Kier alpha value is -2.22. The van der Waals surface area contributed by atoms with Gasteiger partial charge in [0.2, 0.25) is 0 Å². The van der Waals surface area contributed by atoms with Crippen molar-refractivity contribution in [1.82, 2.24) is 9.13 Å². The Balaban J connectivity index is 2.52. The van der Waals surface area contributed by atoms with Crippen LogP contribution >= 0.6 is 0 Å². The lowest BCUT2D eigenvalue weighted by molar-refractivity contribution is 0.870. The molecule has 0 amide bonds. The van der Waals surface area contributed by atoms with E-state index in [2.05, 4.69) is 80.3 Å². The van der Waals surface area contributed by atoms with Crippen molar-refractivity contribution in [1.29, 1.82) is 0 Å². The maximum Gasteiger partial charge on any atom is 0.191 e. The first-order chi connectivity index (χ1) is 9.52. The number of aryl methyl sites for hydroxylation is 4. The molecule has 0 aliphatic rings. The van der Waals surface area contributed by atoms with Crippen molar-refractivity contribution in [2.24, 2.45) is 7.05 Å². The van der Waals surface area contributed by atoms with Crippen LogP contribution in [0, 0.1) is 27.7 Å². The van der Waals surface area contributed by atoms with Crippen LogP contribution in [-0.4, -0.2) is 9.13 Å². The third kappa shape index (κ3) is 1.64. The Morgan fingerprint density at radius 3 is 2.10 bits per heavy atom. The van der Waals surface area contributed by atoms with Crippen LogP contribution in [0.3, 0.4) is 0 Å². The lowest BCUT2D eigenvalue weighted by Crippen LogP contribution is -2.02. The summed E-state index contributed by atoms with van der Waals surface area (Å²) in [6.45, 7) is 10.7. The van der Waals surface area contributed by atoms with E-state index >= 15 is 0 Å². The first-order valence-corrected chi connectivity index (χ1v) is 6.91. The molecule has 0 atom stereocenters. The Labute approximate surface area is 120 Å². The van der Waals surface area contributed by atoms with Gasteiger partial charge in [0.05, 0.1) is 0 Å². The molecule has 0 aliphatic carbocycles. The third-order valence-corrected chi connectivity index (χ3v) is 4.12. The summed E-state index contributed by atoms with van der Waals surface area (Å²) in [5.41, 5.74) is 7.54. The summed E-state index contributed by atoms with van der Waals surface area (Å²) in [5, 5.41) is 0. The fourth-order valence-corrected chi connectivity index (χ4v) is 2.97. The first kappa shape index (κ1) is 12.8. The molecule has 3 aromatic rings. The fourth-order valence-electron chi connectivity index (χ4n) is 2.97. The number of hydrogen-bond donors (Lipinski definition) is 0. The van der Waals surface area contributed by atoms with E-state index in [-0.39, 0.29) is 0 Å². The normalized spacial score (nSPS) is 11.2. The molecule has 2 heteroatoms. The molecule has 2 aromatic carbocycles. The third-order valence-electron chi connectivity index (χ3n) is 4.12. The minimum Gasteiger partial charge on any atom is -0.294 e. The second kappa shape index (κ2) is 4.41. The van der Waals surface area contributed by atoms with E-state index in [1.54, 1.807) is 0 Å². The number of hydrogen-bond acceptors (Lipinski definition) is 0. The Bertz CT molecular complexity index is 810. The summed E-state index contributed by atoms with van der Waals surface area (Å²) in [5.74, 6) is 1.01. The van der Waals surface area contributed by atoms with Crippen LogP contribution in [0.4, 0.5) is 0 Å². The predicted octanol–water partition coefficient (Wildman–Crippen LogP) is 4.36. The average Bonchev–Trinajstić information content (AvgIpc) is 2.69. The molecule has 0 fully saturated rings. The lowest BCUT2D eigenvalue weighted by atomic mass is 10.1. The molecule has 0 radical (unpaired) electrons. The van der Waals surface area contributed by atoms with Gasteiger partial charge in [-0.1, -0.05) is 12.1 Å². The SMILES string of the molecule is [CH2-][c+]1n(C)c2c(C)ccc(C)c2n1-c1ccccc1C. The molecular formula is C18H20N2. The minimum absolute atomic E-state index is 1.01. The van der Waals surface area contributed by atoms with Crippen molar-refractivity contribution < 1.29 is 0 Å². The standard InChI is InChI=1S/C18H20N2/c1-12-8-6-7-9-16(12)20-15(4)19(5)17-13(2)10-11-14(3)18(17)20/h6-11H,4H2,1-3,5H3. The first-order valence-electron chi connectivity index (χ1n) is 6.91. The van der Waals surface area contributed by atoms with Crippen LogP contribution in [0.15, 0.2) is 36.4 Å². The zero-order valence-corrected chi connectivity index (χ0v) is 12.6. The second-order valence-corrected chi connectivity index (χ2v) is 5.49. The van der Waals surface area contributed by atoms with Gasteiger partial charge in [-0.15, -0.1) is 0 Å².